The molecule has 0 saturated carbocycles. The van der Waals surface area contributed by atoms with Crippen LogP contribution in [0, 0.1) is 16.0 Å². The lowest BCUT2D eigenvalue weighted by molar-refractivity contribution is -0.384. The van der Waals surface area contributed by atoms with Crippen LogP contribution in [-0.2, 0) is 9.59 Å². The third-order valence-electron chi connectivity index (χ3n) is 2.96. The molecule has 0 aromatic heterocycles. The first-order valence-corrected chi connectivity index (χ1v) is 7.54. The maximum atomic E-state index is 12.0. The molecule has 120 valence electrons. The zero-order chi connectivity index (χ0) is 16.9. The minimum atomic E-state index is -1.07. The van der Waals surface area contributed by atoms with E-state index in [0.29, 0.717) is 4.90 Å². The molecule has 1 rings (SSSR count). The predicted octanol–water partition coefficient (Wildman–Crippen LogP) is 2.30. The molecule has 0 saturated heterocycles. The van der Waals surface area contributed by atoms with E-state index in [1.807, 2.05) is 0 Å². The molecule has 1 aromatic rings. The fourth-order valence-electron chi connectivity index (χ4n) is 1.69. The Hall–Kier alpha value is -2.09. The van der Waals surface area contributed by atoms with Crippen LogP contribution >= 0.6 is 11.8 Å². The molecular weight excluding hydrogens is 308 g/mol. The number of benzene rings is 1. The van der Waals surface area contributed by atoms with Gasteiger partial charge in [-0.3, -0.25) is 14.9 Å². The van der Waals surface area contributed by atoms with Gasteiger partial charge in [-0.2, -0.15) is 0 Å². The van der Waals surface area contributed by atoms with E-state index in [0.717, 1.165) is 0 Å². The first-order chi connectivity index (χ1) is 10.2. The zero-order valence-corrected chi connectivity index (χ0v) is 13.3. The molecule has 2 N–H and O–H groups in total. The number of hydrogen-bond donors (Lipinski definition) is 2. The summed E-state index contributed by atoms with van der Waals surface area (Å²) in [5.74, 6) is -1.68. The van der Waals surface area contributed by atoms with E-state index in [-0.39, 0.29) is 17.5 Å². The van der Waals surface area contributed by atoms with Crippen LogP contribution in [0.4, 0.5) is 5.69 Å². The van der Waals surface area contributed by atoms with Crippen LogP contribution in [-0.4, -0.2) is 33.2 Å². The summed E-state index contributed by atoms with van der Waals surface area (Å²) in [6, 6.07) is 4.91. The molecule has 2 atom stereocenters. The normalized spacial score (nSPS) is 13.5. The summed E-state index contributed by atoms with van der Waals surface area (Å²) < 4.78 is 0. The van der Waals surface area contributed by atoms with Crippen molar-refractivity contribution in [1.29, 1.82) is 0 Å². The molecule has 0 aliphatic heterocycles. The Balaban J connectivity index is 2.67. The van der Waals surface area contributed by atoms with E-state index < -0.39 is 22.2 Å². The molecule has 0 fully saturated rings. The van der Waals surface area contributed by atoms with Gasteiger partial charge in [0.15, 0.2) is 0 Å². The topological polar surface area (TPSA) is 110 Å². The van der Waals surface area contributed by atoms with Gasteiger partial charge in [0.1, 0.15) is 6.04 Å². The van der Waals surface area contributed by atoms with Crippen molar-refractivity contribution in [3.05, 3.63) is 34.4 Å². The van der Waals surface area contributed by atoms with E-state index in [2.05, 4.69) is 5.32 Å². The van der Waals surface area contributed by atoms with Crippen LogP contribution in [0.3, 0.4) is 0 Å². The zero-order valence-electron chi connectivity index (χ0n) is 12.5. The Morgan fingerprint density at radius 2 is 1.77 bits per heavy atom. The number of nitrogens with zero attached hydrogens (tertiary/aromatic N) is 1. The molecule has 0 aliphatic rings. The molecule has 7 nitrogen and oxygen atoms in total. The molecule has 0 heterocycles. The third kappa shape index (κ3) is 5.03. The van der Waals surface area contributed by atoms with Crippen LogP contribution in [0.15, 0.2) is 29.2 Å². The maximum absolute atomic E-state index is 12.0. The van der Waals surface area contributed by atoms with E-state index >= 15 is 0 Å². The molecule has 8 heteroatoms. The van der Waals surface area contributed by atoms with Crippen molar-refractivity contribution >= 4 is 29.3 Å². The molecule has 1 aromatic carbocycles. The van der Waals surface area contributed by atoms with Gasteiger partial charge in [0.25, 0.3) is 5.69 Å². The number of non-ortho nitro benzene ring substituents is 1. The number of carbonyl (C=O) groups excluding carboxylic acids is 1. The second kappa shape index (κ2) is 7.79. The Kier molecular flexibility index (Phi) is 6.36. The Morgan fingerprint density at radius 1 is 1.23 bits per heavy atom. The average molecular weight is 326 g/mol. The summed E-state index contributed by atoms with van der Waals surface area (Å²) in [7, 11) is 0. The first-order valence-electron chi connectivity index (χ1n) is 6.66. The number of carbonyl (C=O) groups is 2. The van der Waals surface area contributed by atoms with Gasteiger partial charge in [-0.1, -0.05) is 13.8 Å². The number of carboxylic acids is 1. The lowest BCUT2D eigenvalue weighted by atomic mass is 10.0. The van der Waals surface area contributed by atoms with Gasteiger partial charge < -0.3 is 10.4 Å². The smallest absolute Gasteiger partial charge is 0.326 e. The molecule has 1 amide bonds. The Bertz CT molecular complexity index is 559. The fraction of sp³-hybridized carbons (Fsp3) is 0.429. The summed E-state index contributed by atoms with van der Waals surface area (Å²) >= 11 is 1.21. The monoisotopic (exact) mass is 326 g/mol. The Morgan fingerprint density at radius 3 is 2.18 bits per heavy atom. The number of aliphatic carboxylic acids is 1. The molecule has 0 spiro atoms. The lowest BCUT2D eigenvalue weighted by Crippen LogP contribution is -2.46. The van der Waals surface area contributed by atoms with Crippen LogP contribution < -0.4 is 5.32 Å². The number of rotatable bonds is 7. The van der Waals surface area contributed by atoms with Crippen molar-refractivity contribution in [3.8, 4) is 0 Å². The van der Waals surface area contributed by atoms with E-state index in [1.54, 1.807) is 32.9 Å². The summed E-state index contributed by atoms with van der Waals surface area (Å²) in [6.07, 6.45) is 0. The summed E-state index contributed by atoms with van der Waals surface area (Å²) in [4.78, 5) is 33.9. The standard InChI is InChI=1S/C14H18N2O5S/c1-8(2)12(14(18)19)15-13(17)9(3)22-11-6-4-10(5-7-11)16(20)21/h4-9,12H,1-3H3,(H,15,17)(H,18,19)/t9?,12-/m1/s1. The number of carboxylic acid groups (broad SMARTS) is 1. The van der Waals surface area contributed by atoms with Gasteiger partial charge in [-0.05, 0) is 25.0 Å². The van der Waals surface area contributed by atoms with Gasteiger partial charge >= 0.3 is 5.97 Å². The SMILES string of the molecule is CC(Sc1ccc([N+](=O)[O-])cc1)C(=O)N[C@@H](C(=O)O)C(C)C. The molecular formula is C14H18N2O5S. The second-order valence-corrected chi connectivity index (χ2v) is 6.49. The van der Waals surface area contributed by atoms with Crippen LogP contribution in [0.25, 0.3) is 0 Å². The largest absolute Gasteiger partial charge is 0.480 e. The summed E-state index contributed by atoms with van der Waals surface area (Å²) in [6.45, 7) is 5.08. The van der Waals surface area contributed by atoms with Crippen molar-refractivity contribution in [2.24, 2.45) is 5.92 Å². The quantitative estimate of drug-likeness (QED) is 0.452. The number of nitrogens with one attached hydrogen (secondary N) is 1. The molecule has 22 heavy (non-hydrogen) atoms. The number of amides is 1. The highest BCUT2D eigenvalue weighted by atomic mass is 32.2. The second-order valence-electron chi connectivity index (χ2n) is 5.08. The number of nitro groups is 1. The van der Waals surface area contributed by atoms with Gasteiger partial charge in [0, 0.05) is 17.0 Å². The lowest BCUT2D eigenvalue weighted by Gasteiger charge is -2.20. The van der Waals surface area contributed by atoms with Crippen molar-refractivity contribution in [2.75, 3.05) is 0 Å². The average Bonchev–Trinajstić information content (AvgIpc) is 2.44. The van der Waals surface area contributed by atoms with Crippen molar-refractivity contribution in [1.82, 2.24) is 5.32 Å². The molecule has 0 bridgehead atoms. The van der Waals surface area contributed by atoms with E-state index in [1.165, 1.54) is 23.9 Å². The van der Waals surface area contributed by atoms with Crippen molar-refractivity contribution in [2.45, 2.75) is 37.0 Å². The van der Waals surface area contributed by atoms with Gasteiger partial charge in [-0.25, -0.2) is 4.79 Å². The van der Waals surface area contributed by atoms with Gasteiger partial charge in [0.05, 0.1) is 10.2 Å². The van der Waals surface area contributed by atoms with Crippen LogP contribution in [0.2, 0.25) is 0 Å². The van der Waals surface area contributed by atoms with Crippen LogP contribution in [0.1, 0.15) is 20.8 Å². The predicted molar refractivity (Wildman–Crippen MR) is 82.8 cm³/mol. The van der Waals surface area contributed by atoms with E-state index in [4.69, 9.17) is 5.11 Å². The van der Waals surface area contributed by atoms with Crippen molar-refractivity contribution in [3.63, 3.8) is 0 Å². The summed E-state index contributed by atoms with van der Waals surface area (Å²) in [5.41, 5.74) is -0.0211. The third-order valence-corrected chi connectivity index (χ3v) is 4.07. The Labute approximate surface area is 132 Å². The van der Waals surface area contributed by atoms with E-state index in [9.17, 15) is 19.7 Å². The number of hydrogen-bond acceptors (Lipinski definition) is 5. The molecule has 0 aliphatic carbocycles. The number of nitro benzene ring substituents is 1. The summed E-state index contributed by atoms with van der Waals surface area (Å²) in [5, 5.41) is 21.6. The fourth-order valence-corrected chi connectivity index (χ4v) is 2.56. The number of thioether (sulfide) groups is 1. The maximum Gasteiger partial charge on any atom is 0.326 e. The highest BCUT2D eigenvalue weighted by Gasteiger charge is 2.26. The highest BCUT2D eigenvalue weighted by Crippen LogP contribution is 2.25. The van der Waals surface area contributed by atoms with Gasteiger partial charge in [-0.15, -0.1) is 11.8 Å². The first kappa shape index (κ1) is 18.0. The molecule has 0 radical (unpaired) electrons. The minimum absolute atomic E-state index is 0.0211. The minimum Gasteiger partial charge on any atom is -0.480 e. The van der Waals surface area contributed by atoms with Crippen molar-refractivity contribution < 1.29 is 19.6 Å². The van der Waals surface area contributed by atoms with Crippen LogP contribution in [0.5, 0.6) is 0 Å². The highest BCUT2D eigenvalue weighted by molar-refractivity contribution is 8.00. The van der Waals surface area contributed by atoms with Gasteiger partial charge in [0.2, 0.25) is 5.91 Å². The molecule has 1 unspecified atom stereocenters.